The molecule has 0 aromatic heterocycles. The molecule has 2 rings (SSSR count). The molecule has 1 saturated heterocycles. The van der Waals surface area contributed by atoms with Crippen LogP contribution in [0.1, 0.15) is 25.7 Å². The third-order valence-electron chi connectivity index (χ3n) is 2.73. The highest BCUT2D eigenvalue weighted by Crippen LogP contribution is 2.19. The van der Waals surface area contributed by atoms with Gasteiger partial charge in [0.1, 0.15) is 0 Å². The molecule has 1 heterocycles. The Balaban J connectivity index is 1.51. The summed E-state index contributed by atoms with van der Waals surface area (Å²) in [5.41, 5.74) is 0. The topological polar surface area (TPSA) is 24.1 Å². The molecule has 0 spiro atoms. The standard InChI is InChI=1S/C9H18N2/c1-2-9(1)11-6-4-8-3-5-10-7-8/h8-11H,1-7H2/t8-/m0/s1. The molecule has 1 saturated carbocycles. The summed E-state index contributed by atoms with van der Waals surface area (Å²) in [6.45, 7) is 3.75. The second-order valence-electron chi connectivity index (χ2n) is 3.88. The number of hydrogen-bond acceptors (Lipinski definition) is 2. The highest BCUT2D eigenvalue weighted by molar-refractivity contribution is 4.81. The normalized spacial score (nSPS) is 31.1. The van der Waals surface area contributed by atoms with Gasteiger partial charge in [0.05, 0.1) is 0 Å². The summed E-state index contributed by atoms with van der Waals surface area (Å²) in [5.74, 6) is 0.959. The SMILES string of the molecule is C1C[C@@H](CCNC2CC2)CN1. The molecule has 1 aliphatic heterocycles. The van der Waals surface area contributed by atoms with Crippen LogP contribution in [0.3, 0.4) is 0 Å². The van der Waals surface area contributed by atoms with E-state index in [4.69, 9.17) is 0 Å². The summed E-state index contributed by atoms with van der Waals surface area (Å²) < 4.78 is 0. The Kier molecular flexibility index (Phi) is 2.44. The first-order valence-electron chi connectivity index (χ1n) is 4.89. The van der Waals surface area contributed by atoms with Crippen molar-refractivity contribution in [2.75, 3.05) is 19.6 Å². The van der Waals surface area contributed by atoms with Gasteiger partial charge in [0.2, 0.25) is 0 Å². The maximum absolute atomic E-state index is 3.56. The van der Waals surface area contributed by atoms with Crippen molar-refractivity contribution in [3.63, 3.8) is 0 Å². The van der Waals surface area contributed by atoms with Gasteiger partial charge in [-0.3, -0.25) is 0 Å². The molecule has 64 valence electrons. The lowest BCUT2D eigenvalue weighted by Crippen LogP contribution is -2.21. The summed E-state index contributed by atoms with van der Waals surface area (Å²) in [5, 5.41) is 6.95. The van der Waals surface area contributed by atoms with Gasteiger partial charge in [-0.25, -0.2) is 0 Å². The van der Waals surface area contributed by atoms with Crippen LogP contribution in [0.4, 0.5) is 0 Å². The zero-order valence-corrected chi connectivity index (χ0v) is 7.10. The highest BCUT2D eigenvalue weighted by Gasteiger charge is 2.21. The quantitative estimate of drug-likeness (QED) is 0.624. The van der Waals surface area contributed by atoms with E-state index < -0.39 is 0 Å². The molecule has 0 radical (unpaired) electrons. The van der Waals surface area contributed by atoms with E-state index in [1.807, 2.05) is 0 Å². The van der Waals surface area contributed by atoms with Crippen LogP contribution in [0.2, 0.25) is 0 Å². The van der Waals surface area contributed by atoms with Crippen LogP contribution < -0.4 is 10.6 Å². The molecule has 2 aliphatic rings. The molecule has 2 fully saturated rings. The van der Waals surface area contributed by atoms with Gasteiger partial charge >= 0.3 is 0 Å². The van der Waals surface area contributed by atoms with Gasteiger partial charge in [0.25, 0.3) is 0 Å². The monoisotopic (exact) mass is 154 g/mol. The van der Waals surface area contributed by atoms with E-state index in [-0.39, 0.29) is 0 Å². The Morgan fingerprint density at radius 2 is 2.18 bits per heavy atom. The lowest BCUT2D eigenvalue weighted by molar-refractivity contribution is 0.499. The average molecular weight is 154 g/mol. The van der Waals surface area contributed by atoms with E-state index in [9.17, 15) is 0 Å². The van der Waals surface area contributed by atoms with Gasteiger partial charge in [-0.05, 0) is 51.2 Å². The number of rotatable bonds is 4. The van der Waals surface area contributed by atoms with Crippen LogP contribution in [0, 0.1) is 5.92 Å². The van der Waals surface area contributed by atoms with Crippen molar-refractivity contribution < 1.29 is 0 Å². The zero-order chi connectivity index (χ0) is 7.52. The molecule has 2 N–H and O–H groups in total. The van der Waals surface area contributed by atoms with E-state index in [1.165, 1.54) is 45.3 Å². The predicted molar refractivity (Wildman–Crippen MR) is 46.6 cm³/mol. The summed E-state index contributed by atoms with van der Waals surface area (Å²) in [4.78, 5) is 0. The van der Waals surface area contributed by atoms with Gasteiger partial charge in [-0.15, -0.1) is 0 Å². The van der Waals surface area contributed by atoms with E-state index >= 15 is 0 Å². The van der Waals surface area contributed by atoms with Crippen LogP contribution in [0.15, 0.2) is 0 Å². The fourth-order valence-corrected chi connectivity index (χ4v) is 1.74. The first kappa shape index (κ1) is 7.56. The van der Waals surface area contributed by atoms with Crippen LogP contribution in [-0.4, -0.2) is 25.7 Å². The van der Waals surface area contributed by atoms with Crippen molar-refractivity contribution in [1.82, 2.24) is 10.6 Å². The molecular formula is C9H18N2. The number of hydrogen-bond donors (Lipinski definition) is 2. The molecule has 0 aromatic rings. The van der Waals surface area contributed by atoms with Gasteiger partial charge in [-0.2, -0.15) is 0 Å². The minimum absolute atomic E-state index is 0.893. The summed E-state index contributed by atoms with van der Waals surface area (Å²) >= 11 is 0. The summed E-state index contributed by atoms with van der Waals surface area (Å²) in [6.07, 6.45) is 5.61. The molecule has 0 bridgehead atoms. The molecule has 0 aromatic carbocycles. The van der Waals surface area contributed by atoms with E-state index in [0.29, 0.717) is 0 Å². The van der Waals surface area contributed by atoms with Crippen LogP contribution in [-0.2, 0) is 0 Å². The average Bonchev–Trinajstić information content (AvgIpc) is 2.66. The second-order valence-corrected chi connectivity index (χ2v) is 3.88. The first-order chi connectivity index (χ1) is 5.45. The van der Waals surface area contributed by atoms with Gasteiger partial charge in [0.15, 0.2) is 0 Å². The van der Waals surface area contributed by atoms with Gasteiger partial charge < -0.3 is 10.6 Å². The Morgan fingerprint density at radius 1 is 1.27 bits per heavy atom. The smallest absolute Gasteiger partial charge is 0.00682 e. The Labute approximate surface area is 68.7 Å². The second kappa shape index (κ2) is 3.55. The maximum atomic E-state index is 3.56. The minimum atomic E-state index is 0.893. The lowest BCUT2D eigenvalue weighted by Gasteiger charge is -2.07. The Morgan fingerprint density at radius 3 is 2.82 bits per heavy atom. The van der Waals surface area contributed by atoms with Crippen LogP contribution in [0.25, 0.3) is 0 Å². The fourth-order valence-electron chi connectivity index (χ4n) is 1.74. The molecule has 1 aliphatic carbocycles. The minimum Gasteiger partial charge on any atom is -0.316 e. The number of nitrogens with one attached hydrogen (secondary N) is 2. The summed E-state index contributed by atoms with van der Waals surface area (Å²) in [6, 6.07) is 0.893. The largest absolute Gasteiger partial charge is 0.316 e. The van der Waals surface area contributed by atoms with Crippen molar-refractivity contribution in [3.8, 4) is 0 Å². The molecule has 0 unspecified atom stereocenters. The molecule has 1 atom stereocenters. The van der Waals surface area contributed by atoms with E-state index in [1.54, 1.807) is 0 Å². The van der Waals surface area contributed by atoms with Crippen molar-refractivity contribution in [1.29, 1.82) is 0 Å². The molecule has 2 nitrogen and oxygen atoms in total. The lowest BCUT2D eigenvalue weighted by atomic mass is 10.1. The fraction of sp³-hybridized carbons (Fsp3) is 1.00. The predicted octanol–water partition coefficient (Wildman–Crippen LogP) is 0.738. The van der Waals surface area contributed by atoms with Crippen molar-refractivity contribution in [3.05, 3.63) is 0 Å². The maximum Gasteiger partial charge on any atom is 0.00682 e. The zero-order valence-electron chi connectivity index (χ0n) is 7.10. The Hall–Kier alpha value is -0.0800. The molecule has 0 amide bonds. The van der Waals surface area contributed by atoms with Crippen molar-refractivity contribution in [2.24, 2.45) is 5.92 Å². The van der Waals surface area contributed by atoms with Crippen molar-refractivity contribution in [2.45, 2.75) is 31.7 Å². The highest BCUT2D eigenvalue weighted by atomic mass is 14.9. The summed E-state index contributed by atoms with van der Waals surface area (Å²) in [7, 11) is 0. The first-order valence-corrected chi connectivity index (χ1v) is 4.89. The third kappa shape index (κ3) is 2.46. The van der Waals surface area contributed by atoms with E-state index in [2.05, 4.69) is 10.6 Å². The molecule has 11 heavy (non-hydrogen) atoms. The van der Waals surface area contributed by atoms with Crippen LogP contribution in [0.5, 0.6) is 0 Å². The van der Waals surface area contributed by atoms with E-state index in [0.717, 1.165) is 12.0 Å². The van der Waals surface area contributed by atoms with Crippen molar-refractivity contribution >= 4 is 0 Å². The van der Waals surface area contributed by atoms with Gasteiger partial charge in [0, 0.05) is 6.04 Å². The Bertz CT molecular complexity index is 115. The van der Waals surface area contributed by atoms with Crippen LogP contribution >= 0.6 is 0 Å². The van der Waals surface area contributed by atoms with Gasteiger partial charge in [-0.1, -0.05) is 0 Å². The third-order valence-corrected chi connectivity index (χ3v) is 2.73. The molecule has 2 heteroatoms. The molecular weight excluding hydrogens is 136 g/mol.